The van der Waals surface area contributed by atoms with Gasteiger partial charge < -0.3 is 5.32 Å². The molecule has 2 N–H and O–H groups in total. The molecule has 184 valence electrons. The Hall–Kier alpha value is -3.74. The van der Waals surface area contributed by atoms with Crippen LogP contribution >= 0.6 is 0 Å². The smallest absolute Gasteiger partial charge is 0.251 e. The van der Waals surface area contributed by atoms with Crippen molar-refractivity contribution in [3.63, 3.8) is 0 Å². The van der Waals surface area contributed by atoms with Crippen molar-refractivity contribution in [3.05, 3.63) is 137 Å². The van der Waals surface area contributed by atoms with Crippen LogP contribution in [0.2, 0.25) is 0 Å². The number of aryl methyl sites for hydroxylation is 2. The third-order valence-corrected chi connectivity index (χ3v) is 7.55. The van der Waals surface area contributed by atoms with Gasteiger partial charge >= 0.3 is 0 Å². The Labute approximate surface area is 213 Å². The van der Waals surface area contributed by atoms with Gasteiger partial charge in [-0.05, 0) is 60.7 Å². The van der Waals surface area contributed by atoms with Crippen molar-refractivity contribution in [2.75, 3.05) is 0 Å². The molecule has 4 aromatic rings. The van der Waals surface area contributed by atoms with Crippen LogP contribution in [0, 0.1) is 6.92 Å². The monoisotopic (exact) mass is 498 g/mol. The molecule has 0 spiro atoms. The van der Waals surface area contributed by atoms with Gasteiger partial charge in [-0.2, -0.15) is 0 Å². The van der Waals surface area contributed by atoms with E-state index in [1.807, 2.05) is 79.7 Å². The number of nitrogens with one attached hydrogen (secondary N) is 2. The molecule has 0 bridgehead atoms. The lowest BCUT2D eigenvalue weighted by Gasteiger charge is -2.20. The molecule has 0 radical (unpaired) electrons. The standard InChI is InChI=1S/C30H30N2O3S/c1-23-12-19-28(20-13-23)36(34,35)32-29(21-16-24-8-4-2-5-9-24)26-17-14-25(15-18-26)22-31-30(33)27-10-6-3-7-11-27/h2-15,17-20,29,32H,16,21-22H2,1H3,(H,31,33). The Morgan fingerprint density at radius 1 is 0.750 bits per heavy atom. The Morgan fingerprint density at radius 2 is 1.36 bits per heavy atom. The highest BCUT2D eigenvalue weighted by molar-refractivity contribution is 7.89. The first-order valence-corrected chi connectivity index (χ1v) is 13.4. The summed E-state index contributed by atoms with van der Waals surface area (Å²) >= 11 is 0. The predicted octanol–water partition coefficient (Wildman–Crippen LogP) is 5.58. The summed E-state index contributed by atoms with van der Waals surface area (Å²) in [6.07, 6.45) is 1.34. The van der Waals surface area contributed by atoms with E-state index < -0.39 is 16.1 Å². The van der Waals surface area contributed by atoms with Gasteiger partial charge in [0, 0.05) is 18.2 Å². The minimum absolute atomic E-state index is 0.133. The summed E-state index contributed by atoms with van der Waals surface area (Å²) < 4.78 is 29.2. The average Bonchev–Trinajstić information content (AvgIpc) is 2.91. The van der Waals surface area contributed by atoms with Crippen LogP contribution in [0.3, 0.4) is 0 Å². The largest absolute Gasteiger partial charge is 0.348 e. The predicted molar refractivity (Wildman–Crippen MR) is 143 cm³/mol. The van der Waals surface area contributed by atoms with E-state index in [0.717, 1.165) is 28.7 Å². The van der Waals surface area contributed by atoms with E-state index >= 15 is 0 Å². The van der Waals surface area contributed by atoms with E-state index in [0.29, 0.717) is 18.5 Å². The number of carbonyl (C=O) groups excluding carboxylic acids is 1. The number of amides is 1. The maximum absolute atomic E-state index is 13.2. The van der Waals surface area contributed by atoms with Crippen LogP contribution in [0.4, 0.5) is 0 Å². The number of benzene rings is 4. The quantitative estimate of drug-likeness (QED) is 0.300. The Kier molecular flexibility index (Phi) is 8.31. The molecular formula is C30H30N2O3S. The highest BCUT2D eigenvalue weighted by atomic mass is 32.2. The number of rotatable bonds is 10. The minimum atomic E-state index is -3.70. The van der Waals surface area contributed by atoms with Gasteiger partial charge in [0.1, 0.15) is 0 Å². The SMILES string of the molecule is Cc1ccc(S(=O)(=O)NC(CCc2ccccc2)c2ccc(CNC(=O)c3ccccc3)cc2)cc1. The molecular weight excluding hydrogens is 468 g/mol. The fourth-order valence-corrected chi connectivity index (χ4v) is 5.22. The van der Waals surface area contributed by atoms with Gasteiger partial charge in [-0.1, -0.05) is 90.5 Å². The van der Waals surface area contributed by atoms with Crippen molar-refractivity contribution in [3.8, 4) is 0 Å². The Bertz CT molecular complexity index is 1370. The summed E-state index contributed by atoms with van der Waals surface area (Å²) in [6, 6.07) is 33.3. The molecule has 0 saturated carbocycles. The maximum Gasteiger partial charge on any atom is 0.251 e. The second-order valence-corrected chi connectivity index (χ2v) is 10.5. The molecule has 0 aliphatic rings. The van der Waals surface area contributed by atoms with Crippen LogP contribution in [0.25, 0.3) is 0 Å². The fraction of sp³-hybridized carbons (Fsp3) is 0.167. The first-order valence-electron chi connectivity index (χ1n) is 12.0. The van der Waals surface area contributed by atoms with Crippen molar-refractivity contribution in [1.82, 2.24) is 10.0 Å². The maximum atomic E-state index is 13.2. The van der Waals surface area contributed by atoms with E-state index in [1.165, 1.54) is 0 Å². The third-order valence-electron chi connectivity index (χ3n) is 6.06. The van der Waals surface area contributed by atoms with Crippen molar-refractivity contribution >= 4 is 15.9 Å². The van der Waals surface area contributed by atoms with E-state index in [4.69, 9.17) is 0 Å². The van der Waals surface area contributed by atoms with E-state index in [-0.39, 0.29) is 10.8 Å². The van der Waals surface area contributed by atoms with Crippen LogP contribution in [0.1, 0.15) is 45.1 Å². The fourth-order valence-electron chi connectivity index (χ4n) is 3.96. The van der Waals surface area contributed by atoms with Crippen molar-refractivity contribution in [2.45, 2.75) is 37.2 Å². The topological polar surface area (TPSA) is 75.3 Å². The molecule has 5 nitrogen and oxygen atoms in total. The van der Waals surface area contributed by atoms with Crippen molar-refractivity contribution in [2.24, 2.45) is 0 Å². The van der Waals surface area contributed by atoms with Gasteiger partial charge in [0.15, 0.2) is 0 Å². The first kappa shape index (κ1) is 25.4. The van der Waals surface area contributed by atoms with Crippen LogP contribution in [-0.4, -0.2) is 14.3 Å². The Balaban J connectivity index is 1.49. The molecule has 0 fully saturated rings. The average molecular weight is 499 g/mol. The molecule has 1 unspecified atom stereocenters. The zero-order chi connectivity index (χ0) is 25.4. The summed E-state index contributed by atoms with van der Waals surface area (Å²) in [4.78, 5) is 12.6. The summed E-state index contributed by atoms with van der Waals surface area (Å²) in [5.41, 5.74) is 4.58. The molecule has 4 aromatic carbocycles. The lowest BCUT2D eigenvalue weighted by atomic mass is 9.99. The molecule has 0 aromatic heterocycles. The zero-order valence-corrected chi connectivity index (χ0v) is 21.0. The van der Waals surface area contributed by atoms with Gasteiger partial charge in [0.05, 0.1) is 4.90 Å². The van der Waals surface area contributed by atoms with Gasteiger partial charge in [-0.25, -0.2) is 13.1 Å². The lowest BCUT2D eigenvalue weighted by Crippen LogP contribution is -2.29. The number of hydrogen-bond acceptors (Lipinski definition) is 3. The molecule has 0 saturated heterocycles. The van der Waals surface area contributed by atoms with Crippen molar-refractivity contribution in [1.29, 1.82) is 0 Å². The van der Waals surface area contributed by atoms with Gasteiger partial charge in [0.2, 0.25) is 10.0 Å². The molecule has 0 heterocycles. The highest BCUT2D eigenvalue weighted by Crippen LogP contribution is 2.23. The third kappa shape index (κ3) is 6.90. The van der Waals surface area contributed by atoms with E-state index in [2.05, 4.69) is 10.0 Å². The molecule has 6 heteroatoms. The number of sulfonamides is 1. The van der Waals surface area contributed by atoms with Crippen LogP contribution in [0.15, 0.2) is 114 Å². The van der Waals surface area contributed by atoms with Gasteiger partial charge in [-0.15, -0.1) is 0 Å². The highest BCUT2D eigenvalue weighted by Gasteiger charge is 2.21. The molecule has 36 heavy (non-hydrogen) atoms. The lowest BCUT2D eigenvalue weighted by molar-refractivity contribution is 0.0951. The van der Waals surface area contributed by atoms with Gasteiger partial charge in [0.25, 0.3) is 5.91 Å². The molecule has 0 aliphatic heterocycles. The normalized spacial score (nSPS) is 12.1. The Morgan fingerprint density at radius 3 is 2.00 bits per heavy atom. The zero-order valence-electron chi connectivity index (χ0n) is 20.2. The molecule has 1 atom stereocenters. The van der Waals surface area contributed by atoms with Crippen LogP contribution in [0.5, 0.6) is 0 Å². The molecule has 1 amide bonds. The second kappa shape index (κ2) is 11.8. The van der Waals surface area contributed by atoms with Crippen molar-refractivity contribution < 1.29 is 13.2 Å². The van der Waals surface area contributed by atoms with E-state index in [1.54, 1.807) is 36.4 Å². The number of hydrogen-bond donors (Lipinski definition) is 2. The molecule has 4 rings (SSSR count). The van der Waals surface area contributed by atoms with Gasteiger partial charge in [-0.3, -0.25) is 4.79 Å². The second-order valence-electron chi connectivity index (χ2n) is 8.80. The summed E-state index contributed by atoms with van der Waals surface area (Å²) in [5, 5.41) is 2.92. The van der Waals surface area contributed by atoms with Crippen LogP contribution < -0.4 is 10.0 Å². The number of carbonyl (C=O) groups is 1. The van der Waals surface area contributed by atoms with E-state index in [9.17, 15) is 13.2 Å². The minimum Gasteiger partial charge on any atom is -0.348 e. The summed E-state index contributed by atoms with van der Waals surface area (Å²) in [7, 11) is -3.70. The van der Waals surface area contributed by atoms with Crippen LogP contribution in [-0.2, 0) is 23.0 Å². The first-order chi connectivity index (χ1) is 17.4. The summed E-state index contributed by atoms with van der Waals surface area (Å²) in [6.45, 7) is 2.31. The molecule has 0 aliphatic carbocycles. The summed E-state index contributed by atoms with van der Waals surface area (Å²) in [5.74, 6) is -0.133.